The van der Waals surface area contributed by atoms with Gasteiger partial charge in [0.1, 0.15) is 11.6 Å². The molecule has 6 heteroatoms. The van der Waals surface area contributed by atoms with Gasteiger partial charge in [-0.15, -0.1) is 10.2 Å². The van der Waals surface area contributed by atoms with Crippen LogP contribution in [0.2, 0.25) is 0 Å². The van der Waals surface area contributed by atoms with Gasteiger partial charge in [-0.2, -0.15) is 0 Å². The fourth-order valence-electron chi connectivity index (χ4n) is 4.60. The zero-order chi connectivity index (χ0) is 22.1. The Bertz CT molecular complexity index is 1250. The van der Waals surface area contributed by atoms with Crippen LogP contribution in [0.3, 0.4) is 0 Å². The Hall–Kier alpha value is -3.54. The molecule has 0 unspecified atom stereocenters. The lowest BCUT2D eigenvalue weighted by atomic mass is 9.93. The third-order valence-electron chi connectivity index (χ3n) is 6.39. The molecule has 1 saturated heterocycles. The summed E-state index contributed by atoms with van der Waals surface area (Å²) in [6.45, 7) is 3.17. The highest BCUT2D eigenvalue weighted by atomic mass is 19.1. The van der Waals surface area contributed by atoms with Crippen molar-refractivity contribution in [2.75, 3.05) is 13.1 Å². The molecule has 2 aromatic carbocycles. The maximum Gasteiger partial charge on any atom is 0.229 e. The van der Waals surface area contributed by atoms with Crippen LogP contribution in [0.25, 0.3) is 16.8 Å². The van der Waals surface area contributed by atoms with Gasteiger partial charge in [0, 0.05) is 30.8 Å². The van der Waals surface area contributed by atoms with Crippen LogP contribution in [0.4, 0.5) is 4.39 Å². The molecule has 2 atom stereocenters. The van der Waals surface area contributed by atoms with Gasteiger partial charge in [0.05, 0.1) is 5.92 Å². The van der Waals surface area contributed by atoms with E-state index in [2.05, 4.69) is 10.2 Å². The Morgan fingerprint density at radius 2 is 1.88 bits per heavy atom. The van der Waals surface area contributed by atoms with Crippen LogP contribution in [0.1, 0.15) is 43.0 Å². The Morgan fingerprint density at radius 1 is 1.06 bits per heavy atom. The summed E-state index contributed by atoms with van der Waals surface area (Å²) < 4.78 is 16.9. The number of halogens is 1. The molecule has 0 N–H and O–H groups in total. The molecule has 2 aromatic heterocycles. The maximum atomic E-state index is 14.9. The third kappa shape index (κ3) is 3.77. The van der Waals surface area contributed by atoms with Crippen LogP contribution < -0.4 is 0 Å². The van der Waals surface area contributed by atoms with E-state index in [9.17, 15) is 9.18 Å². The number of pyridine rings is 1. The summed E-state index contributed by atoms with van der Waals surface area (Å²) in [5.74, 6) is 0.330. The van der Waals surface area contributed by atoms with Crippen molar-refractivity contribution in [2.45, 2.75) is 31.6 Å². The first-order valence-electron chi connectivity index (χ1n) is 11.0. The lowest BCUT2D eigenvalue weighted by Crippen LogP contribution is -2.41. The third-order valence-corrected chi connectivity index (χ3v) is 6.39. The summed E-state index contributed by atoms with van der Waals surface area (Å²) in [5.41, 5.74) is 2.89. The van der Waals surface area contributed by atoms with Crippen molar-refractivity contribution >= 4 is 11.6 Å². The number of benzene rings is 2. The van der Waals surface area contributed by atoms with Gasteiger partial charge in [-0.05, 0) is 49.1 Å². The van der Waals surface area contributed by atoms with Crippen LogP contribution in [-0.4, -0.2) is 38.5 Å². The van der Waals surface area contributed by atoms with E-state index in [1.807, 2.05) is 77.0 Å². The normalized spacial score (nSPS) is 17.4. The van der Waals surface area contributed by atoms with E-state index < -0.39 is 5.92 Å². The smallest absolute Gasteiger partial charge is 0.229 e. The lowest BCUT2D eigenvalue weighted by molar-refractivity contribution is -0.133. The molecule has 1 fully saturated rings. The number of hydrogen-bond donors (Lipinski definition) is 0. The predicted molar refractivity (Wildman–Crippen MR) is 122 cm³/mol. The summed E-state index contributed by atoms with van der Waals surface area (Å²) in [7, 11) is 0. The molecular formula is C26H25FN4O. The average Bonchev–Trinajstić information content (AvgIpc) is 3.28. The van der Waals surface area contributed by atoms with E-state index in [-0.39, 0.29) is 17.6 Å². The van der Waals surface area contributed by atoms with E-state index in [0.717, 1.165) is 29.9 Å². The molecule has 0 bridgehead atoms. The average molecular weight is 429 g/mol. The molecule has 1 amide bonds. The molecule has 5 nitrogen and oxygen atoms in total. The van der Waals surface area contributed by atoms with E-state index in [0.29, 0.717) is 24.2 Å². The van der Waals surface area contributed by atoms with Gasteiger partial charge in [0.25, 0.3) is 0 Å². The SMILES string of the molecule is C[C@H](C(=O)N1CCC[C@H](c2nnc3ccccn23)C1)c1ccc(-c2ccccc2)c(F)c1. The number of amides is 1. The Balaban J connectivity index is 1.34. The van der Waals surface area contributed by atoms with E-state index in [1.165, 1.54) is 6.07 Å². The molecule has 1 aliphatic rings. The van der Waals surface area contributed by atoms with Gasteiger partial charge in [-0.1, -0.05) is 48.5 Å². The summed E-state index contributed by atoms with van der Waals surface area (Å²) in [6.07, 6.45) is 3.84. The highest BCUT2D eigenvalue weighted by molar-refractivity contribution is 5.83. The van der Waals surface area contributed by atoms with Crippen LogP contribution in [0.15, 0.2) is 72.9 Å². The lowest BCUT2D eigenvalue weighted by Gasteiger charge is -2.33. The van der Waals surface area contributed by atoms with Crippen LogP contribution in [-0.2, 0) is 4.79 Å². The molecular weight excluding hydrogens is 403 g/mol. The Morgan fingerprint density at radius 3 is 2.69 bits per heavy atom. The fourth-order valence-corrected chi connectivity index (χ4v) is 4.60. The number of aromatic nitrogens is 3. The number of carbonyl (C=O) groups excluding carboxylic acids is 1. The standard InChI is InChI=1S/C26H25FN4O/c1-18(20-12-13-22(23(27)16-20)19-8-3-2-4-9-19)26(32)30-14-7-10-21(17-30)25-29-28-24-11-5-6-15-31(24)25/h2-6,8-9,11-13,15-16,18,21H,7,10,14,17H2,1H3/t18-,21-/m0/s1. The van der Waals surface area contributed by atoms with Crippen molar-refractivity contribution in [3.8, 4) is 11.1 Å². The number of rotatable bonds is 4. The van der Waals surface area contributed by atoms with Crippen molar-refractivity contribution in [1.82, 2.24) is 19.5 Å². The molecule has 1 aliphatic heterocycles. The summed E-state index contributed by atoms with van der Waals surface area (Å²) in [6, 6.07) is 20.4. The van der Waals surface area contributed by atoms with E-state index in [4.69, 9.17) is 0 Å². The van der Waals surface area contributed by atoms with Crippen molar-refractivity contribution in [2.24, 2.45) is 0 Å². The zero-order valence-corrected chi connectivity index (χ0v) is 18.0. The second-order valence-electron chi connectivity index (χ2n) is 8.44. The van der Waals surface area contributed by atoms with Gasteiger partial charge < -0.3 is 4.90 Å². The summed E-state index contributed by atoms with van der Waals surface area (Å²) in [5, 5.41) is 8.65. The van der Waals surface area contributed by atoms with Crippen molar-refractivity contribution in [3.05, 3.63) is 90.1 Å². The second kappa shape index (κ2) is 8.54. The molecule has 5 rings (SSSR count). The van der Waals surface area contributed by atoms with E-state index >= 15 is 0 Å². The van der Waals surface area contributed by atoms with Crippen molar-refractivity contribution in [1.29, 1.82) is 0 Å². The highest BCUT2D eigenvalue weighted by Gasteiger charge is 2.30. The number of carbonyl (C=O) groups is 1. The fraction of sp³-hybridized carbons (Fsp3) is 0.269. The number of fused-ring (bicyclic) bond motifs is 1. The van der Waals surface area contributed by atoms with Crippen LogP contribution >= 0.6 is 0 Å². The first kappa shape index (κ1) is 20.4. The second-order valence-corrected chi connectivity index (χ2v) is 8.44. The minimum absolute atomic E-state index is 0.0235. The molecule has 0 aliphatic carbocycles. The number of piperidine rings is 1. The highest BCUT2D eigenvalue weighted by Crippen LogP contribution is 2.30. The molecule has 32 heavy (non-hydrogen) atoms. The maximum absolute atomic E-state index is 14.9. The predicted octanol–water partition coefficient (Wildman–Crippen LogP) is 5.05. The first-order valence-corrected chi connectivity index (χ1v) is 11.0. The minimum atomic E-state index is -0.414. The minimum Gasteiger partial charge on any atom is -0.341 e. The van der Waals surface area contributed by atoms with Crippen molar-refractivity contribution < 1.29 is 9.18 Å². The summed E-state index contributed by atoms with van der Waals surface area (Å²) >= 11 is 0. The van der Waals surface area contributed by atoms with Crippen LogP contribution in [0.5, 0.6) is 0 Å². The monoisotopic (exact) mass is 428 g/mol. The number of nitrogens with zero attached hydrogens (tertiary/aromatic N) is 4. The molecule has 3 heterocycles. The number of hydrogen-bond acceptors (Lipinski definition) is 3. The molecule has 0 spiro atoms. The summed E-state index contributed by atoms with van der Waals surface area (Å²) in [4.78, 5) is 15.2. The number of likely N-dealkylation sites (tertiary alicyclic amines) is 1. The van der Waals surface area contributed by atoms with Gasteiger partial charge in [0.2, 0.25) is 5.91 Å². The molecule has 4 aromatic rings. The zero-order valence-electron chi connectivity index (χ0n) is 18.0. The Kier molecular flexibility index (Phi) is 5.43. The molecule has 0 radical (unpaired) electrons. The largest absolute Gasteiger partial charge is 0.341 e. The topological polar surface area (TPSA) is 50.5 Å². The van der Waals surface area contributed by atoms with E-state index in [1.54, 1.807) is 6.07 Å². The molecule has 0 saturated carbocycles. The van der Waals surface area contributed by atoms with Gasteiger partial charge in [-0.3, -0.25) is 9.20 Å². The Labute approximate surface area is 186 Å². The van der Waals surface area contributed by atoms with Gasteiger partial charge in [-0.25, -0.2) is 4.39 Å². The van der Waals surface area contributed by atoms with Crippen molar-refractivity contribution in [3.63, 3.8) is 0 Å². The van der Waals surface area contributed by atoms with Gasteiger partial charge >= 0.3 is 0 Å². The van der Waals surface area contributed by atoms with Gasteiger partial charge in [0.15, 0.2) is 5.65 Å². The molecule has 162 valence electrons. The van der Waals surface area contributed by atoms with Crippen LogP contribution in [0, 0.1) is 5.82 Å². The first-order chi connectivity index (χ1) is 15.6. The quantitative estimate of drug-likeness (QED) is 0.457.